The van der Waals surface area contributed by atoms with Crippen molar-refractivity contribution in [2.45, 2.75) is 38.1 Å². The molecule has 0 radical (unpaired) electrons. The number of hydrogen-bond donors (Lipinski definition) is 1. The Morgan fingerprint density at radius 2 is 2.14 bits per heavy atom. The van der Waals surface area contributed by atoms with Gasteiger partial charge in [-0.2, -0.15) is 0 Å². The molecule has 1 N–H and O–H groups in total. The zero-order valence-electron chi connectivity index (χ0n) is 8.51. The number of fused-ring (bicyclic) bond motifs is 2. The van der Waals surface area contributed by atoms with E-state index in [2.05, 4.69) is 11.4 Å². The summed E-state index contributed by atoms with van der Waals surface area (Å²) in [4.78, 5) is 0. The van der Waals surface area contributed by atoms with Crippen LogP contribution in [0, 0.1) is 17.8 Å². The van der Waals surface area contributed by atoms with Crippen LogP contribution in [0.2, 0.25) is 0 Å². The summed E-state index contributed by atoms with van der Waals surface area (Å²) < 4.78 is 0. The van der Waals surface area contributed by atoms with Crippen LogP contribution in [-0.2, 0) is 0 Å². The fourth-order valence-electron chi connectivity index (χ4n) is 2.94. The predicted octanol–water partition coefficient (Wildman–Crippen LogP) is 2.91. The average molecular weight is 212 g/mol. The Kier molecular flexibility index (Phi) is 2.33. The molecule has 3 rings (SSSR count). The minimum Gasteiger partial charge on any atom is -0.309 e. The van der Waals surface area contributed by atoms with Crippen LogP contribution in [0.4, 0.5) is 0 Å². The molecule has 0 saturated heterocycles. The van der Waals surface area contributed by atoms with Gasteiger partial charge >= 0.3 is 0 Å². The van der Waals surface area contributed by atoms with Crippen LogP contribution in [0.5, 0.6) is 0 Å². The maximum Gasteiger partial charge on any atom is 0.0454 e. The monoisotopic (exact) mass is 211 g/mol. The lowest BCUT2D eigenvalue weighted by molar-refractivity contribution is 0.383. The van der Waals surface area contributed by atoms with Gasteiger partial charge in [0.15, 0.2) is 0 Å². The lowest BCUT2D eigenvalue weighted by Gasteiger charge is -2.28. The molecule has 14 heavy (non-hydrogen) atoms. The number of hydrogen-bond acceptors (Lipinski definition) is 1. The van der Waals surface area contributed by atoms with Crippen molar-refractivity contribution in [2.75, 3.05) is 6.54 Å². The molecule has 0 aliphatic heterocycles. The molecule has 3 aliphatic carbocycles. The van der Waals surface area contributed by atoms with E-state index in [1.807, 2.05) is 0 Å². The highest BCUT2D eigenvalue weighted by atomic mass is 35.5. The minimum absolute atomic E-state index is 0.496. The first kappa shape index (κ1) is 9.23. The normalized spacial score (nSPS) is 41.2. The van der Waals surface area contributed by atoms with Crippen molar-refractivity contribution >= 4 is 11.6 Å². The topological polar surface area (TPSA) is 12.0 Å². The molecule has 0 amide bonds. The Morgan fingerprint density at radius 3 is 2.93 bits per heavy atom. The van der Waals surface area contributed by atoms with Gasteiger partial charge in [-0.15, -0.1) is 0 Å². The highest BCUT2D eigenvalue weighted by Crippen LogP contribution is 2.42. The van der Waals surface area contributed by atoms with Crippen molar-refractivity contribution in [1.29, 1.82) is 0 Å². The highest BCUT2D eigenvalue weighted by Gasteiger charge is 2.36. The number of halogens is 1. The summed E-state index contributed by atoms with van der Waals surface area (Å²) in [7, 11) is 0. The van der Waals surface area contributed by atoms with Crippen LogP contribution in [0.25, 0.3) is 0 Å². The Morgan fingerprint density at radius 1 is 1.29 bits per heavy atom. The van der Waals surface area contributed by atoms with E-state index in [1.54, 1.807) is 0 Å². The molecule has 0 aromatic carbocycles. The van der Waals surface area contributed by atoms with Gasteiger partial charge in [0.2, 0.25) is 0 Å². The fraction of sp³-hybridized carbons (Fsp3) is 0.833. The van der Waals surface area contributed by atoms with Gasteiger partial charge in [0.25, 0.3) is 0 Å². The van der Waals surface area contributed by atoms with Crippen LogP contribution < -0.4 is 5.32 Å². The largest absolute Gasteiger partial charge is 0.309 e. The molecular formula is C12H18ClN. The van der Waals surface area contributed by atoms with Crippen molar-refractivity contribution in [3.05, 3.63) is 11.1 Å². The van der Waals surface area contributed by atoms with E-state index < -0.39 is 0 Å². The predicted molar refractivity (Wildman–Crippen MR) is 59.3 cm³/mol. The summed E-state index contributed by atoms with van der Waals surface area (Å²) >= 11 is 6.31. The number of nitrogens with one attached hydrogen (secondary N) is 1. The molecule has 0 spiro atoms. The molecule has 78 valence electrons. The summed E-state index contributed by atoms with van der Waals surface area (Å²) in [6.45, 7) is 1.19. The summed E-state index contributed by atoms with van der Waals surface area (Å²) in [6.07, 6.45) is 9.26. The van der Waals surface area contributed by atoms with Crippen molar-refractivity contribution in [2.24, 2.45) is 17.8 Å². The van der Waals surface area contributed by atoms with Gasteiger partial charge in [-0.3, -0.25) is 0 Å². The van der Waals surface area contributed by atoms with E-state index in [1.165, 1.54) is 38.6 Å². The Hall–Kier alpha value is -0.0100. The molecule has 2 fully saturated rings. The lowest BCUT2D eigenvalue weighted by atomic mass is 9.90. The second-order valence-electron chi connectivity index (χ2n) is 5.21. The number of rotatable bonds is 3. The van der Waals surface area contributed by atoms with E-state index in [0.29, 0.717) is 6.04 Å². The molecule has 0 aromatic heterocycles. The third kappa shape index (κ3) is 1.72. The van der Waals surface area contributed by atoms with Gasteiger partial charge in [0.05, 0.1) is 0 Å². The smallest absolute Gasteiger partial charge is 0.0454 e. The quantitative estimate of drug-likeness (QED) is 0.757. The molecular weight excluding hydrogens is 194 g/mol. The molecule has 1 nitrogen and oxygen atoms in total. The van der Waals surface area contributed by atoms with Crippen LogP contribution in [-0.4, -0.2) is 12.6 Å². The zero-order chi connectivity index (χ0) is 9.54. The average Bonchev–Trinajstić information content (AvgIpc) is 2.90. The van der Waals surface area contributed by atoms with Crippen LogP contribution >= 0.6 is 11.6 Å². The second kappa shape index (κ2) is 3.53. The standard InChI is InChI=1S/C12H18ClN/c13-11-6-9-3-4-10(5-9)12(11)14-7-8-1-2-8/h6,8-10,12,14H,1-5,7H2. The van der Waals surface area contributed by atoms with E-state index in [0.717, 1.165) is 22.8 Å². The Balaban J connectivity index is 1.64. The summed E-state index contributed by atoms with van der Waals surface area (Å²) in [6, 6.07) is 0.496. The van der Waals surface area contributed by atoms with Crippen molar-refractivity contribution in [3.8, 4) is 0 Å². The number of allylic oxidation sites excluding steroid dienone is 1. The maximum absolute atomic E-state index is 6.31. The highest BCUT2D eigenvalue weighted by molar-refractivity contribution is 6.30. The van der Waals surface area contributed by atoms with Crippen molar-refractivity contribution < 1.29 is 0 Å². The summed E-state index contributed by atoms with van der Waals surface area (Å²) in [5, 5.41) is 4.76. The van der Waals surface area contributed by atoms with Gasteiger partial charge in [0.1, 0.15) is 0 Å². The van der Waals surface area contributed by atoms with Crippen LogP contribution in [0.1, 0.15) is 32.1 Å². The van der Waals surface area contributed by atoms with Gasteiger partial charge in [0, 0.05) is 11.1 Å². The molecule has 3 aliphatic rings. The molecule has 3 atom stereocenters. The SMILES string of the molecule is ClC1=CC2CCC(C2)C1NCC1CC1. The van der Waals surface area contributed by atoms with E-state index in [9.17, 15) is 0 Å². The van der Waals surface area contributed by atoms with Crippen LogP contribution in [0.15, 0.2) is 11.1 Å². The van der Waals surface area contributed by atoms with Gasteiger partial charge < -0.3 is 5.32 Å². The summed E-state index contributed by atoms with van der Waals surface area (Å²) in [5.41, 5.74) is 0. The second-order valence-corrected chi connectivity index (χ2v) is 5.65. The van der Waals surface area contributed by atoms with Gasteiger partial charge in [-0.1, -0.05) is 17.7 Å². The van der Waals surface area contributed by atoms with Crippen molar-refractivity contribution in [3.63, 3.8) is 0 Å². The Bertz CT molecular complexity index is 257. The van der Waals surface area contributed by atoms with Gasteiger partial charge in [-0.25, -0.2) is 0 Å². The maximum atomic E-state index is 6.31. The van der Waals surface area contributed by atoms with E-state index in [4.69, 9.17) is 11.6 Å². The van der Waals surface area contributed by atoms with Crippen molar-refractivity contribution in [1.82, 2.24) is 5.32 Å². The first-order chi connectivity index (χ1) is 6.83. The van der Waals surface area contributed by atoms with Gasteiger partial charge in [-0.05, 0) is 56.4 Å². The zero-order valence-corrected chi connectivity index (χ0v) is 9.26. The first-order valence-electron chi connectivity index (χ1n) is 5.93. The summed E-state index contributed by atoms with van der Waals surface area (Å²) in [5.74, 6) is 2.58. The molecule has 0 heterocycles. The van der Waals surface area contributed by atoms with E-state index >= 15 is 0 Å². The Labute approximate surface area is 90.9 Å². The molecule has 0 aromatic rings. The molecule has 2 heteroatoms. The first-order valence-corrected chi connectivity index (χ1v) is 6.31. The molecule has 3 unspecified atom stereocenters. The molecule has 2 bridgehead atoms. The lowest BCUT2D eigenvalue weighted by Crippen LogP contribution is -2.38. The minimum atomic E-state index is 0.496. The third-order valence-electron chi connectivity index (χ3n) is 4.00. The third-order valence-corrected chi connectivity index (χ3v) is 4.36. The fourth-order valence-corrected chi connectivity index (χ4v) is 3.37. The van der Waals surface area contributed by atoms with E-state index in [-0.39, 0.29) is 0 Å². The molecule has 2 saturated carbocycles. The van der Waals surface area contributed by atoms with Crippen LogP contribution in [0.3, 0.4) is 0 Å².